The van der Waals surface area contributed by atoms with E-state index in [-0.39, 0.29) is 29.7 Å². The van der Waals surface area contributed by atoms with Gasteiger partial charge in [0.15, 0.2) is 17.5 Å². The van der Waals surface area contributed by atoms with Crippen molar-refractivity contribution in [3.05, 3.63) is 52.0 Å². The van der Waals surface area contributed by atoms with Crippen LogP contribution >= 0.6 is 35.3 Å². The second-order valence-electron chi connectivity index (χ2n) is 4.94. The number of aliphatic imine (C=N–C) groups is 1. The fraction of sp³-hybridized carbons (Fsp3) is 0.312. The Morgan fingerprint density at radius 1 is 1.39 bits per heavy atom. The average Bonchev–Trinajstić information content (AvgIpc) is 3.02. The summed E-state index contributed by atoms with van der Waals surface area (Å²) >= 11 is 1.75. The molecule has 0 bridgehead atoms. The second kappa shape index (κ2) is 9.71. The van der Waals surface area contributed by atoms with Crippen LogP contribution in [-0.2, 0) is 13.0 Å². The number of aromatic hydroxyl groups is 1. The summed E-state index contributed by atoms with van der Waals surface area (Å²) in [5.41, 5.74) is 0.753. The van der Waals surface area contributed by atoms with Gasteiger partial charge < -0.3 is 15.3 Å². The third-order valence-electron chi connectivity index (χ3n) is 3.31. The summed E-state index contributed by atoms with van der Waals surface area (Å²) in [6.07, 6.45) is 0.961. The minimum absolute atomic E-state index is 0. The molecule has 0 amide bonds. The number of phenolic OH excluding ortho intramolecular Hbond substituents is 1. The van der Waals surface area contributed by atoms with Crippen molar-refractivity contribution in [1.29, 1.82) is 0 Å². The molecule has 1 heterocycles. The Kier molecular flexibility index (Phi) is 8.32. The molecule has 7 heteroatoms. The first-order valence-corrected chi connectivity index (χ1v) is 7.89. The normalized spacial score (nSPS) is 11.0. The zero-order valence-corrected chi connectivity index (χ0v) is 16.3. The number of phenols is 1. The molecule has 2 N–H and O–H groups in total. The Labute approximate surface area is 157 Å². The quantitative estimate of drug-likeness (QED) is 0.418. The Bertz CT molecular complexity index is 634. The molecule has 2 rings (SSSR count). The minimum Gasteiger partial charge on any atom is -0.505 e. The maximum Gasteiger partial charge on any atom is 0.193 e. The van der Waals surface area contributed by atoms with Gasteiger partial charge in [-0.15, -0.1) is 35.3 Å². The number of guanidine groups is 1. The number of halogens is 2. The van der Waals surface area contributed by atoms with E-state index >= 15 is 0 Å². The highest BCUT2D eigenvalue weighted by atomic mass is 127. The van der Waals surface area contributed by atoms with E-state index < -0.39 is 5.82 Å². The number of likely N-dealkylation sites (N-methyl/N-ethyl adjacent to an activating group) is 1. The van der Waals surface area contributed by atoms with Crippen LogP contribution in [0.1, 0.15) is 10.4 Å². The van der Waals surface area contributed by atoms with E-state index in [4.69, 9.17) is 0 Å². The molecule has 0 atom stereocenters. The van der Waals surface area contributed by atoms with Crippen LogP contribution in [0.15, 0.2) is 40.7 Å². The lowest BCUT2D eigenvalue weighted by Gasteiger charge is -2.22. The fourth-order valence-electron chi connectivity index (χ4n) is 2.06. The van der Waals surface area contributed by atoms with Crippen LogP contribution < -0.4 is 5.32 Å². The molecule has 0 saturated carbocycles. The van der Waals surface area contributed by atoms with E-state index in [0.717, 1.165) is 24.5 Å². The van der Waals surface area contributed by atoms with Crippen molar-refractivity contribution in [2.24, 2.45) is 4.99 Å². The zero-order chi connectivity index (χ0) is 15.9. The van der Waals surface area contributed by atoms with Crippen LogP contribution in [0.25, 0.3) is 0 Å². The van der Waals surface area contributed by atoms with Gasteiger partial charge in [-0.3, -0.25) is 4.99 Å². The monoisotopic (exact) mass is 449 g/mol. The predicted octanol–water partition coefficient (Wildman–Crippen LogP) is 3.46. The summed E-state index contributed by atoms with van der Waals surface area (Å²) in [5.74, 6) is -0.188. The molecule has 0 unspecified atom stereocenters. The summed E-state index contributed by atoms with van der Waals surface area (Å²) in [4.78, 5) is 7.61. The maximum atomic E-state index is 13.3. The highest BCUT2D eigenvalue weighted by molar-refractivity contribution is 14.0. The first-order chi connectivity index (χ1) is 10.6. The van der Waals surface area contributed by atoms with Gasteiger partial charge >= 0.3 is 0 Å². The van der Waals surface area contributed by atoms with Crippen molar-refractivity contribution in [2.75, 3.05) is 20.6 Å². The van der Waals surface area contributed by atoms with Crippen LogP contribution in [0, 0.1) is 5.82 Å². The van der Waals surface area contributed by atoms with Crippen LogP contribution in [-0.4, -0.2) is 36.6 Å². The molecule has 0 saturated heterocycles. The van der Waals surface area contributed by atoms with Crippen molar-refractivity contribution >= 4 is 41.3 Å². The Morgan fingerprint density at radius 2 is 2.17 bits per heavy atom. The molecule has 126 valence electrons. The SMILES string of the molecule is CN=C(NCc1ccc(O)c(F)c1)N(C)CCc1cccs1.I. The van der Waals surface area contributed by atoms with Crippen molar-refractivity contribution in [3.8, 4) is 5.75 Å². The Morgan fingerprint density at radius 3 is 2.78 bits per heavy atom. The van der Waals surface area contributed by atoms with Gasteiger partial charge in [0.1, 0.15) is 0 Å². The number of nitrogens with zero attached hydrogens (tertiary/aromatic N) is 2. The highest BCUT2D eigenvalue weighted by Crippen LogP contribution is 2.16. The van der Waals surface area contributed by atoms with Gasteiger partial charge in [-0.05, 0) is 35.6 Å². The van der Waals surface area contributed by atoms with E-state index in [1.54, 1.807) is 24.5 Å². The molecule has 0 spiro atoms. The first kappa shape index (κ1) is 19.7. The second-order valence-corrected chi connectivity index (χ2v) is 5.97. The predicted molar refractivity (Wildman–Crippen MR) is 104 cm³/mol. The first-order valence-electron chi connectivity index (χ1n) is 7.01. The summed E-state index contributed by atoms with van der Waals surface area (Å²) < 4.78 is 13.3. The van der Waals surface area contributed by atoms with Crippen molar-refractivity contribution < 1.29 is 9.50 Å². The fourth-order valence-corrected chi connectivity index (χ4v) is 2.76. The standard InChI is InChI=1S/C16H20FN3OS.HI/c1-18-16(20(2)8-7-13-4-3-9-22-13)19-11-12-5-6-15(21)14(17)10-12;/h3-6,9-10,21H,7-8,11H2,1-2H3,(H,18,19);1H. The third-order valence-corrected chi connectivity index (χ3v) is 4.25. The molecule has 2 aromatic rings. The van der Waals surface area contributed by atoms with Crippen LogP contribution in [0.5, 0.6) is 5.75 Å². The number of hydrogen-bond donors (Lipinski definition) is 2. The van der Waals surface area contributed by atoms with Gasteiger partial charge in [-0.2, -0.15) is 0 Å². The summed E-state index contributed by atoms with van der Waals surface area (Å²) in [5, 5.41) is 14.5. The summed E-state index contributed by atoms with van der Waals surface area (Å²) in [6.45, 7) is 1.30. The lowest BCUT2D eigenvalue weighted by Crippen LogP contribution is -2.39. The molecular formula is C16H21FIN3OS. The van der Waals surface area contributed by atoms with E-state index in [9.17, 15) is 9.50 Å². The molecule has 0 fully saturated rings. The number of benzene rings is 1. The molecular weight excluding hydrogens is 428 g/mol. The van der Waals surface area contributed by atoms with E-state index in [0.29, 0.717) is 6.54 Å². The lowest BCUT2D eigenvalue weighted by molar-refractivity contribution is 0.431. The molecule has 23 heavy (non-hydrogen) atoms. The average molecular weight is 449 g/mol. The number of hydrogen-bond acceptors (Lipinski definition) is 3. The highest BCUT2D eigenvalue weighted by Gasteiger charge is 2.07. The summed E-state index contributed by atoms with van der Waals surface area (Å²) in [7, 11) is 3.70. The van der Waals surface area contributed by atoms with E-state index in [1.165, 1.54) is 17.0 Å². The van der Waals surface area contributed by atoms with Crippen molar-refractivity contribution in [3.63, 3.8) is 0 Å². The zero-order valence-electron chi connectivity index (χ0n) is 13.1. The molecule has 0 aliphatic heterocycles. The van der Waals surface area contributed by atoms with Gasteiger partial charge in [-0.1, -0.05) is 12.1 Å². The molecule has 0 radical (unpaired) electrons. The van der Waals surface area contributed by atoms with Crippen LogP contribution in [0.3, 0.4) is 0 Å². The van der Waals surface area contributed by atoms with Crippen molar-refractivity contribution in [2.45, 2.75) is 13.0 Å². The number of thiophene rings is 1. The number of nitrogens with one attached hydrogen (secondary N) is 1. The molecule has 0 aliphatic rings. The molecule has 0 aliphatic carbocycles. The Hall–Kier alpha value is -1.35. The van der Waals surface area contributed by atoms with Gasteiger partial charge in [0, 0.05) is 32.1 Å². The van der Waals surface area contributed by atoms with E-state index in [2.05, 4.69) is 21.8 Å². The lowest BCUT2D eigenvalue weighted by atomic mass is 10.2. The van der Waals surface area contributed by atoms with Gasteiger partial charge in [-0.25, -0.2) is 4.39 Å². The molecule has 1 aromatic carbocycles. The topological polar surface area (TPSA) is 47.9 Å². The number of rotatable bonds is 5. The largest absolute Gasteiger partial charge is 0.505 e. The maximum absolute atomic E-state index is 13.3. The van der Waals surface area contributed by atoms with Gasteiger partial charge in [0.2, 0.25) is 0 Å². The molecule has 4 nitrogen and oxygen atoms in total. The Balaban J connectivity index is 0.00000264. The smallest absolute Gasteiger partial charge is 0.193 e. The van der Waals surface area contributed by atoms with Gasteiger partial charge in [0.05, 0.1) is 0 Å². The van der Waals surface area contributed by atoms with E-state index in [1.807, 2.05) is 18.0 Å². The molecule has 1 aromatic heterocycles. The van der Waals surface area contributed by atoms with Gasteiger partial charge in [0.25, 0.3) is 0 Å². The van der Waals surface area contributed by atoms with Crippen LogP contribution in [0.2, 0.25) is 0 Å². The van der Waals surface area contributed by atoms with Crippen LogP contribution in [0.4, 0.5) is 4.39 Å². The minimum atomic E-state index is -0.611. The summed E-state index contributed by atoms with van der Waals surface area (Å²) in [6, 6.07) is 8.53. The van der Waals surface area contributed by atoms with Crippen molar-refractivity contribution in [1.82, 2.24) is 10.2 Å². The third kappa shape index (κ3) is 5.98.